The number of likely N-dealkylation sites (tertiary alicyclic amines) is 1. The van der Waals surface area contributed by atoms with E-state index in [-0.39, 0.29) is 11.8 Å². The standard InChI is InChI=1S/C23H29N3O5/c1-3-29-21-13-19(31-24-21)9-10-22(28)25-12-6-11-23(15-25)16-26(17(2)27)14-18-7-4-5-8-20(18)30-23/h4-5,7-8,13H,3,6,9-12,14-16H2,1-2H3/t23-/m1/s1. The summed E-state index contributed by atoms with van der Waals surface area (Å²) >= 11 is 0. The molecule has 3 heterocycles. The monoisotopic (exact) mass is 427 g/mol. The number of fused-ring (bicyclic) bond motifs is 1. The maximum absolute atomic E-state index is 13.0. The summed E-state index contributed by atoms with van der Waals surface area (Å²) in [6.07, 6.45) is 2.42. The quantitative estimate of drug-likeness (QED) is 0.730. The number of aromatic nitrogens is 1. The van der Waals surface area contributed by atoms with Crippen molar-refractivity contribution in [1.82, 2.24) is 15.0 Å². The highest BCUT2D eigenvalue weighted by molar-refractivity contribution is 5.77. The topological polar surface area (TPSA) is 85.1 Å². The van der Waals surface area contributed by atoms with Crippen molar-refractivity contribution in [2.45, 2.75) is 51.7 Å². The maximum Gasteiger partial charge on any atom is 0.254 e. The Balaban J connectivity index is 1.45. The summed E-state index contributed by atoms with van der Waals surface area (Å²) in [5, 5.41) is 3.84. The van der Waals surface area contributed by atoms with E-state index >= 15 is 0 Å². The van der Waals surface area contributed by atoms with E-state index in [2.05, 4.69) is 5.16 Å². The van der Waals surface area contributed by atoms with Gasteiger partial charge in [0.1, 0.15) is 17.1 Å². The molecule has 2 aliphatic rings. The molecule has 0 unspecified atom stereocenters. The molecule has 166 valence electrons. The normalized spacial score (nSPS) is 20.7. The number of ether oxygens (including phenoxy) is 2. The minimum atomic E-state index is -0.597. The van der Waals surface area contributed by atoms with Gasteiger partial charge in [0.25, 0.3) is 5.88 Å². The number of aryl methyl sites for hydroxylation is 1. The number of carbonyl (C=O) groups excluding carboxylic acids is 2. The van der Waals surface area contributed by atoms with Crippen LogP contribution in [0.2, 0.25) is 0 Å². The van der Waals surface area contributed by atoms with Crippen LogP contribution in [0.3, 0.4) is 0 Å². The lowest BCUT2D eigenvalue weighted by molar-refractivity contribution is -0.140. The molecule has 2 aliphatic heterocycles. The summed E-state index contributed by atoms with van der Waals surface area (Å²) in [7, 11) is 0. The van der Waals surface area contributed by atoms with E-state index in [1.54, 1.807) is 13.0 Å². The fraction of sp³-hybridized carbons (Fsp3) is 0.522. The van der Waals surface area contributed by atoms with Crippen LogP contribution in [0.15, 0.2) is 34.9 Å². The van der Waals surface area contributed by atoms with Crippen molar-refractivity contribution in [3.05, 3.63) is 41.7 Å². The first kappa shape index (κ1) is 21.2. The highest BCUT2D eigenvalue weighted by atomic mass is 16.5. The van der Waals surface area contributed by atoms with Gasteiger partial charge in [0.05, 0.1) is 19.7 Å². The summed E-state index contributed by atoms with van der Waals surface area (Å²) in [6, 6.07) is 9.56. The van der Waals surface area contributed by atoms with Crippen LogP contribution >= 0.6 is 0 Å². The van der Waals surface area contributed by atoms with Gasteiger partial charge in [0.15, 0.2) is 0 Å². The Morgan fingerprint density at radius 1 is 1.23 bits per heavy atom. The molecule has 31 heavy (non-hydrogen) atoms. The molecule has 2 aromatic rings. The van der Waals surface area contributed by atoms with Crippen LogP contribution in [-0.2, 0) is 22.6 Å². The molecule has 1 aromatic carbocycles. The average Bonchev–Trinajstić information content (AvgIpc) is 3.13. The Kier molecular flexibility index (Phi) is 6.15. The van der Waals surface area contributed by atoms with E-state index in [0.717, 1.165) is 24.2 Å². The van der Waals surface area contributed by atoms with Gasteiger partial charge in [0.2, 0.25) is 11.8 Å². The van der Waals surface area contributed by atoms with Crippen LogP contribution in [-0.4, -0.2) is 58.6 Å². The molecule has 8 nitrogen and oxygen atoms in total. The first-order chi connectivity index (χ1) is 15.0. The van der Waals surface area contributed by atoms with Crippen molar-refractivity contribution in [3.63, 3.8) is 0 Å². The Bertz CT molecular complexity index is 943. The number of rotatable bonds is 5. The van der Waals surface area contributed by atoms with Gasteiger partial charge >= 0.3 is 0 Å². The molecule has 0 radical (unpaired) electrons. The van der Waals surface area contributed by atoms with Gasteiger partial charge in [-0.3, -0.25) is 9.59 Å². The molecule has 0 aliphatic carbocycles. The molecule has 1 fully saturated rings. The first-order valence-electron chi connectivity index (χ1n) is 10.9. The van der Waals surface area contributed by atoms with Crippen LogP contribution in [0.25, 0.3) is 0 Å². The molecule has 8 heteroatoms. The fourth-order valence-electron chi connectivity index (χ4n) is 4.37. The third-order valence-electron chi connectivity index (χ3n) is 5.89. The van der Waals surface area contributed by atoms with E-state index in [0.29, 0.717) is 57.3 Å². The minimum Gasteiger partial charge on any atom is -0.483 e. The summed E-state index contributed by atoms with van der Waals surface area (Å²) in [4.78, 5) is 28.9. The van der Waals surface area contributed by atoms with Crippen molar-refractivity contribution >= 4 is 11.8 Å². The van der Waals surface area contributed by atoms with Gasteiger partial charge in [0, 0.05) is 44.5 Å². The van der Waals surface area contributed by atoms with Crippen LogP contribution in [0, 0.1) is 0 Å². The van der Waals surface area contributed by atoms with Crippen molar-refractivity contribution < 1.29 is 23.6 Å². The van der Waals surface area contributed by atoms with Crippen molar-refractivity contribution in [2.24, 2.45) is 0 Å². The van der Waals surface area contributed by atoms with Crippen LogP contribution < -0.4 is 9.47 Å². The van der Waals surface area contributed by atoms with Gasteiger partial charge in [-0.2, -0.15) is 0 Å². The fourth-order valence-corrected chi connectivity index (χ4v) is 4.37. The van der Waals surface area contributed by atoms with Crippen molar-refractivity contribution in [2.75, 3.05) is 26.2 Å². The predicted molar refractivity (Wildman–Crippen MR) is 113 cm³/mol. The molecule has 0 saturated carbocycles. The van der Waals surface area contributed by atoms with Gasteiger partial charge in [-0.25, -0.2) is 0 Å². The van der Waals surface area contributed by atoms with Crippen molar-refractivity contribution in [1.29, 1.82) is 0 Å². The summed E-state index contributed by atoms with van der Waals surface area (Å²) in [5.74, 6) is 1.93. The van der Waals surface area contributed by atoms with E-state index < -0.39 is 5.60 Å². The Hall–Kier alpha value is -3.03. The third-order valence-corrected chi connectivity index (χ3v) is 5.89. The number of para-hydroxylation sites is 1. The molecule has 1 atom stereocenters. The number of piperidine rings is 1. The van der Waals surface area contributed by atoms with Crippen molar-refractivity contribution in [3.8, 4) is 11.6 Å². The molecule has 1 saturated heterocycles. The Labute approximate surface area is 182 Å². The molecule has 4 rings (SSSR count). The smallest absolute Gasteiger partial charge is 0.254 e. The predicted octanol–water partition coefficient (Wildman–Crippen LogP) is 2.81. The zero-order valence-corrected chi connectivity index (χ0v) is 18.1. The lowest BCUT2D eigenvalue weighted by atomic mass is 9.91. The summed E-state index contributed by atoms with van der Waals surface area (Å²) in [5.41, 5.74) is 0.397. The maximum atomic E-state index is 13.0. The van der Waals surface area contributed by atoms with E-state index in [4.69, 9.17) is 14.0 Å². The number of hydrogen-bond acceptors (Lipinski definition) is 6. The van der Waals surface area contributed by atoms with Crippen LogP contribution in [0.4, 0.5) is 0 Å². The first-order valence-corrected chi connectivity index (χ1v) is 10.9. The van der Waals surface area contributed by atoms with Gasteiger partial charge in [-0.1, -0.05) is 18.2 Å². The van der Waals surface area contributed by atoms with Gasteiger partial charge in [-0.15, -0.1) is 0 Å². The SMILES string of the molecule is CCOc1cc(CCC(=O)N2CCC[C@]3(CN(C(C)=O)Cc4ccccc4O3)C2)on1. The largest absolute Gasteiger partial charge is 0.483 e. The number of carbonyl (C=O) groups is 2. The van der Waals surface area contributed by atoms with E-state index in [1.807, 2.05) is 41.0 Å². The molecule has 1 aromatic heterocycles. The molecular formula is C23H29N3O5. The number of amides is 2. The van der Waals surface area contributed by atoms with E-state index in [1.165, 1.54) is 0 Å². The third kappa shape index (κ3) is 4.84. The second kappa shape index (κ2) is 8.99. The summed E-state index contributed by atoms with van der Waals surface area (Å²) in [6.45, 7) is 6.13. The average molecular weight is 428 g/mol. The number of benzene rings is 1. The number of hydrogen-bond donors (Lipinski definition) is 0. The molecule has 0 N–H and O–H groups in total. The lowest BCUT2D eigenvalue weighted by Gasteiger charge is -2.43. The Morgan fingerprint density at radius 3 is 2.84 bits per heavy atom. The molecule has 2 amide bonds. The second-order valence-electron chi connectivity index (χ2n) is 8.25. The summed E-state index contributed by atoms with van der Waals surface area (Å²) < 4.78 is 17.1. The zero-order chi connectivity index (χ0) is 21.8. The number of nitrogens with zero attached hydrogens (tertiary/aromatic N) is 3. The van der Waals surface area contributed by atoms with Gasteiger partial charge < -0.3 is 23.8 Å². The molecule has 0 bridgehead atoms. The Morgan fingerprint density at radius 2 is 2.03 bits per heavy atom. The van der Waals surface area contributed by atoms with Gasteiger partial charge in [-0.05, 0) is 31.0 Å². The highest BCUT2D eigenvalue weighted by Gasteiger charge is 2.43. The highest BCUT2D eigenvalue weighted by Crippen LogP contribution is 2.35. The van der Waals surface area contributed by atoms with Crippen LogP contribution in [0.1, 0.15) is 44.4 Å². The second-order valence-corrected chi connectivity index (χ2v) is 8.25. The van der Waals surface area contributed by atoms with E-state index in [9.17, 15) is 9.59 Å². The molecular weight excluding hydrogens is 398 g/mol. The zero-order valence-electron chi connectivity index (χ0n) is 18.1. The van der Waals surface area contributed by atoms with Crippen LogP contribution in [0.5, 0.6) is 11.6 Å². The minimum absolute atomic E-state index is 0.0125. The molecule has 1 spiro atoms. The lowest BCUT2D eigenvalue weighted by Crippen LogP contribution is -2.58.